The molecule has 1 aromatic carbocycles. The van der Waals surface area contributed by atoms with E-state index in [1.54, 1.807) is 4.90 Å². The summed E-state index contributed by atoms with van der Waals surface area (Å²) in [4.78, 5) is 25.2. The molecule has 0 saturated carbocycles. The predicted molar refractivity (Wildman–Crippen MR) is 82.9 cm³/mol. The monoisotopic (exact) mass is 289 g/mol. The molecule has 1 atom stereocenters. The summed E-state index contributed by atoms with van der Waals surface area (Å²) in [6, 6.07) is 8.04. The summed E-state index contributed by atoms with van der Waals surface area (Å²) < 4.78 is 0. The van der Waals surface area contributed by atoms with Crippen LogP contribution in [0.25, 0.3) is 0 Å². The van der Waals surface area contributed by atoms with Crippen LogP contribution < -0.4 is 11.1 Å². The summed E-state index contributed by atoms with van der Waals surface area (Å²) in [6.45, 7) is 5.36. The molecule has 1 unspecified atom stereocenters. The molecular weight excluding hydrogens is 266 g/mol. The highest BCUT2D eigenvalue weighted by molar-refractivity contribution is 5.84. The van der Waals surface area contributed by atoms with Gasteiger partial charge in [0.05, 0.1) is 6.54 Å². The lowest BCUT2D eigenvalue weighted by Crippen LogP contribution is -2.41. The topological polar surface area (TPSA) is 75.4 Å². The van der Waals surface area contributed by atoms with Crippen LogP contribution in [-0.4, -0.2) is 36.3 Å². The lowest BCUT2D eigenvalue weighted by molar-refractivity contribution is -0.136. The molecule has 1 aliphatic heterocycles. The van der Waals surface area contributed by atoms with Crippen molar-refractivity contribution in [1.29, 1.82) is 0 Å². The van der Waals surface area contributed by atoms with E-state index in [0.717, 1.165) is 12.2 Å². The van der Waals surface area contributed by atoms with Crippen LogP contribution in [-0.2, 0) is 9.59 Å². The van der Waals surface area contributed by atoms with Crippen molar-refractivity contribution in [2.75, 3.05) is 25.0 Å². The van der Waals surface area contributed by atoms with Crippen molar-refractivity contribution in [1.82, 2.24) is 4.90 Å². The van der Waals surface area contributed by atoms with Gasteiger partial charge in [-0.05, 0) is 17.5 Å². The molecule has 1 aliphatic rings. The molecule has 1 aromatic rings. The molecule has 21 heavy (non-hydrogen) atoms. The number of nitrogens with two attached hydrogens (primary N) is 1. The Bertz CT molecular complexity index is 528. The first-order valence-corrected chi connectivity index (χ1v) is 7.36. The number of fused-ring (bicyclic) bond motifs is 1. The molecule has 3 N–H and O–H groups in total. The van der Waals surface area contributed by atoms with Gasteiger partial charge in [0.15, 0.2) is 0 Å². The molecule has 114 valence electrons. The molecule has 0 bridgehead atoms. The minimum absolute atomic E-state index is 0.00118. The first-order chi connectivity index (χ1) is 9.97. The zero-order valence-corrected chi connectivity index (χ0v) is 12.6. The van der Waals surface area contributed by atoms with Gasteiger partial charge in [0.1, 0.15) is 0 Å². The number of amides is 2. The quantitative estimate of drug-likeness (QED) is 0.834. The fraction of sp³-hybridized carbons (Fsp3) is 0.500. The maximum atomic E-state index is 12.5. The fourth-order valence-electron chi connectivity index (χ4n) is 2.76. The van der Waals surface area contributed by atoms with Gasteiger partial charge in [0.25, 0.3) is 0 Å². The second-order valence-corrected chi connectivity index (χ2v) is 6.00. The lowest BCUT2D eigenvalue weighted by atomic mass is 9.97. The SMILES string of the molecule is CC(C)CN(CC(N)=O)C(=O)CC1CNc2ccccc21. The first kappa shape index (κ1) is 15.4. The molecule has 5 nitrogen and oxygen atoms in total. The molecule has 0 aromatic heterocycles. The van der Waals surface area contributed by atoms with Crippen LogP contribution in [0.3, 0.4) is 0 Å². The number of nitrogens with one attached hydrogen (secondary N) is 1. The number of hydrogen-bond acceptors (Lipinski definition) is 3. The molecule has 2 amide bonds. The van der Waals surface area contributed by atoms with Crippen LogP contribution in [0.2, 0.25) is 0 Å². The van der Waals surface area contributed by atoms with Crippen LogP contribution in [0.1, 0.15) is 31.7 Å². The molecule has 0 radical (unpaired) electrons. The third-order valence-corrected chi connectivity index (χ3v) is 3.65. The minimum Gasteiger partial charge on any atom is -0.384 e. The van der Waals surface area contributed by atoms with Crippen molar-refractivity contribution in [2.24, 2.45) is 11.7 Å². The minimum atomic E-state index is -0.464. The predicted octanol–water partition coefficient (Wildman–Crippen LogP) is 1.56. The van der Waals surface area contributed by atoms with E-state index in [-0.39, 0.29) is 18.4 Å². The summed E-state index contributed by atoms with van der Waals surface area (Å²) in [5.74, 6) is -0.00141. The molecule has 1 heterocycles. The highest BCUT2D eigenvalue weighted by atomic mass is 16.2. The van der Waals surface area contributed by atoms with Crippen LogP contribution in [0, 0.1) is 5.92 Å². The van der Waals surface area contributed by atoms with E-state index in [0.29, 0.717) is 18.9 Å². The highest BCUT2D eigenvalue weighted by Gasteiger charge is 2.27. The zero-order chi connectivity index (χ0) is 15.4. The number of hydrogen-bond donors (Lipinski definition) is 2. The van der Waals surface area contributed by atoms with Crippen molar-refractivity contribution in [3.8, 4) is 0 Å². The maximum absolute atomic E-state index is 12.5. The average Bonchev–Trinajstić information content (AvgIpc) is 2.80. The standard InChI is InChI=1S/C16H23N3O2/c1-11(2)9-19(10-15(17)20)16(21)7-12-8-18-14-6-4-3-5-13(12)14/h3-6,11-12,18H,7-10H2,1-2H3,(H2,17,20). The van der Waals surface area contributed by atoms with E-state index in [1.807, 2.05) is 38.1 Å². The number of para-hydroxylation sites is 1. The molecular formula is C16H23N3O2. The van der Waals surface area contributed by atoms with Crippen molar-refractivity contribution >= 4 is 17.5 Å². The normalized spacial score (nSPS) is 16.4. The van der Waals surface area contributed by atoms with Crippen molar-refractivity contribution in [3.05, 3.63) is 29.8 Å². The fourth-order valence-corrected chi connectivity index (χ4v) is 2.76. The van der Waals surface area contributed by atoms with E-state index in [1.165, 1.54) is 5.56 Å². The lowest BCUT2D eigenvalue weighted by Gasteiger charge is -2.24. The summed E-state index contributed by atoms with van der Waals surface area (Å²) in [5, 5.41) is 3.31. The summed E-state index contributed by atoms with van der Waals surface area (Å²) >= 11 is 0. The van der Waals surface area contributed by atoms with Gasteiger partial charge in [-0.25, -0.2) is 0 Å². The van der Waals surface area contributed by atoms with Crippen LogP contribution >= 0.6 is 0 Å². The van der Waals surface area contributed by atoms with Crippen molar-refractivity contribution in [3.63, 3.8) is 0 Å². The number of carbonyl (C=O) groups is 2. The van der Waals surface area contributed by atoms with Crippen LogP contribution in [0.5, 0.6) is 0 Å². The van der Waals surface area contributed by atoms with Gasteiger partial charge in [-0.15, -0.1) is 0 Å². The third-order valence-electron chi connectivity index (χ3n) is 3.65. The molecule has 2 rings (SSSR count). The number of nitrogens with zero attached hydrogens (tertiary/aromatic N) is 1. The van der Waals surface area contributed by atoms with E-state index in [4.69, 9.17) is 5.73 Å². The summed E-state index contributed by atoms with van der Waals surface area (Å²) in [6.07, 6.45) is 0.407. The van der Waals surface area contributed by atoms with E-state index < -0.39 is 5.91 Å². The molecule has 0 aliphatic carbocycles. The van der Waals surface area contributed by atoms with Gasteiger partial charge in [0.2, 0.25) is 11.8 Å². The van der Waals surface area contributed by atoms with E-state index >= 15 is 0 Å². The first-order valence-electron chi connectivity index (χ1n) is 7.36. The van der Waals surface area contributed by atoms with Gasteiger partial charge in [-0.3, -0.25) is 9.59 Å². The Hall–Kier alpha value is -2.04. The highest BCUT2D eigenvalue weighted by Crippen LogP contribution is 2.33. The summed E-state index contributed by atoms with van der Waals surface area (Å²) in [7, 11) is 0. The Labute approximate surface area is 125 Å². The molecule has 0 fully saturated rings. The molecule has 0 spiro atoms. The van der Waals surface area contributed by atoms with E-state index in [9.17, 15) is 9.59 Å². The van der Waals surface area contributed by atoms with Gasteiger partial charge in [-0.2, -0.15) is 0 Å². The second kappa shape index (κ2) is 6.61. The number of primary amides is 1. The number of rotatable bonds is 6. The van der Waals surface area contributed by atoms with Crippen molar-refractivity contribution < 1.29 is 9.59 Å². The van der Waals surface area contributed by atoms with Gasteiger partial charge < -0.3 is 16.0 Å². The molecule has 5 heteroatoms. The second-order valence-electron chi connectivity index (χ2n) is 6.00. The zero-order valence-electron chi connectivity index (χ0n) is 12.6. The third kappa shape index (κ3) is 3.97. The van der Waals surface area contributed by atoms with Crippen LogP contribution in [0.4, 0.5) is 5.69 Å². The average molecular weight is 289 g/mol. The number of carbonyl (C=O) groups excluding carboxylic acids is 2. The Morgan fingerprint density at radius 1 is 1.38 bits per heavy atom. The number of anilines is 1. The van der Waals surface area contributed by atoms with E-state index in [2.05, 4.69) is 5.32 Å². The number of benzene rings is 1. The van der Waals surface area contributed by atoms with Crippen LogP contribution in [0.15, 0.2) is 24.3 Å². The Morgan fingerprint density at radius 2 is 2.10 bits per heavy atom. The Balaban J connectivity index is 2.04. The Kier molecular flexibility index (Phi) is 4.83. The van der Waals surface area contributed by atoms with Gasteiger partial charge in [0, 0.05) is 31.1 Å². The summed E-state index contributed by atoms with van der Waals surface area (Å²) in [5.41, 5.74) is 7.52. The molecule has 0 saturated heterocycles. The van der Waals surface area contributed by atoms with Gasteiger partial charge in [-0.1, -0.05) is 32.0 Å². The largest absolute Gasteiger partial charge is 0.384 e. The van der Waals surface area contributed by atoms with Gasteiger partial charge >= 0.3 is 0 Å². The Morgan fingerprint density at radius 3 is 2.76 bits per heavy atom. The van der Waals surface area contributed by atoms with Crippen molar-refractivity contribution in [2.45, 2.75) is 26.2 Å². The smallest absolute Gasteiger partial charge is 0.237 e. The maximum Gasteiger partial charge on any atom is 0.237 e.